The third kappa shape index (κ3) is 3.61. The monoisotopic (exact) mass is 120 g/mol. The van der Waals surface area contributed by atoms with E-state index in [4.69, 9.17) is 0 Å². The number of rotatable bonds is 1. The van der Waals surface area contributed by atoms with Crippen LogP contribution in [0, 0.1) is 5.92 Å². The van der Waals surface area contributed by atoms with E-state index in [2.05, 4.69) is 4.74 Å². The first-order valence-corrected chi connectivity index (χ1v) is 2.26. The molecule has 0 aliphatic heterocycles. The highest BCUT2D eigenvalue weighted by molar-refractivity contribution is 5.71. The van der Waals surface area contributed by atoms with Crippen molar-refractivity contribution in [1.82, 2.24) is 0 Å². The lowest BCUT2D eigenvalue weighted by atomic mass is 10.2. The summed E-state index contributed by atoms with van der Waals surface area (Å²) in [4.78, 5) is 10.3. The second-order valence-corrected chi connectivity index (χ2v) is 1.68. The Kier molecular flexibility index (Phi) is 5.97. The normalized spacial score (nSPS) is 8.00. The molecular weight excluding hydrogens is 108 g/mol. The number of carbonyl (C=O) groups excluding carboxylic acids is 1. The van der Waals surface area contributed by atoms with Gasteiger partial charge < -0.3 is 10.2 Å². The summed E-state index contributed by atoms with van der Waals surface area (Å²) < 4.78 is 4.37. The minimum atomic E-state index is -0.153. The van der Waals surface area contributed by atoms with Crippen LogP contribution in [0.3, 0.4) is 0 Å². The van der Waals surface area contributed by atoms with Gasteiger partial charge in [-0.1, -0.05) is 13.8 Å². The molecule has 0 aliphatic carbocycles. The van der Waals surface area contributed by atoms with Gasteiger partial charge in [-0.2, -0.15) is 0 Å². The second-order valence-electron chi connectivity index (χ2n) is 1.68. The third-order valence-corrected chi connectivity index (χ3v) is 0.673. The molecule has 0 aromatic carbocycles. The molecule has 0 unspecified atom stereocenters. The molecule has 3 heteroatoms. The minimum Gasteiger partial charge on any atom is -0.469 e. The lowest BCUT2D eigenvalue weighted by Crippen LogP contribution is -2.07. The van der Waals surface area contributed by atoms with Crippen molar-refractivity contribution in [2.45, 2.75) is 13.8 Å². The van der Waals surface area contributed by atoms with Gasteiger partial charge in [0.15, 0.2) is 0 Å². The molecule has 0 aromatic rings. The maximum absolute atomic E-state index is 10.3. The van der Waals surface area contributed by atoms with E-state index >= 15 is 0 Å². The Labute approximate surface area is 49.0 Å². The van der Waals surface area contributed by atoms with Gasteiger partial charge >= 0.3 is 5.97 Å². The van der Waals surface area contributed by atoms with Gasteiger partial charge in [0.1, 0.15) is 0 Å². The highest BCUT2D eigenvalue weighted by atomic mass is 16.5. The summed E-state index contributed by atoms with van der Waals surface area (Å²) in [7, 11) is 1.39. The zero-order chi connectivity index (χ0) is 5.86. The van der Waals surface area contributed by atoms with Gasteiger partial charge in [-0.05, 0) is 0 Å². The molecular formula is C5H12O3. The summed E-state index contributed by atoms with van der Waals surface area (Å²) in [6.45, 7) is 3.59. The minimum absolute atomic E-state index is 0. The average molecular weight is 120 g/mol. The molecule has 0 aromatic heterocycles. The first kappa shape index (κ1) is 10.4. The van der Waals surface area contributed by atoms with Crippen LogP contribution in [0.1, 0.15) is 13.8 Å². The molecule has 0 radical (unpaired) electrons. The van der Waals surface area contributed by atoms with Crippen molar-refractivity contribution in [3.05, 3.63) is 0 Å². The van der Waals surface area contributed by atoms with E-state index in [9.17, 15) is 4.79 Å². The van der Waals surface area contributed by atoms with Gasteiger partial charge in [0.2, 0.25) is 0 Å². The first-order valence-electron chi connectivity index (χ1n) is 2.26. The zero-order valence-electron chi connectivity index (χ0n) is 5.39. The van der Waals surface area contributed by atoms with Crippen molar-refractivity contribution in [2.75, 3.05) is 7.11 Å². The van der Waals surface area contributed by atoms with Gasteiger partial charge in [0, 0.05) is 0 Å². The number of esters is 1. The van der Waals surface area contributed by atoms with E-state index in [-0.39, 0.29) is 17.4 Å². The Hall–Kier alpha value is -0.570. The summed E-state index contributed by atoms with van der Waals surface area (Å²) >= 11 is 0. The number of hydrogen-bond acceptors (Lipinski definition) is 2. The lowest BCUT2D eigenvalue weighted by Gasteiger charge is -1.97. The molecule has 0 fully saturated rings. The highest BCUT2D eigenvalue weighted by Gasteiger charge is 2.03. The number of hydrogen-bond donors (Lipinski definition) is 0. The molecule has 0 bridgehead atoms. The largest absolute Gasteiger partial charge is 0.469 e. The third-order valence-electron chi connectivity index (χ3n) is 0.673. The second kappa shape index (κ2) is 4.59. The fourth-order valence-corrected chi connectivity index (χ4v) is 0.236. The zero-order valence-corrected chi connectivity index (χ0v) is 5.39. The SMILES string of the molecule is COC(=O)C(C)C.O. The van der Waals surface area contributed by atoms with Crippen LogP contribution in [0.25, 0.3) is 0 Å². The molecule has 2 N–H and O–H groups in total. The van der Waals surface area contributed by atoms with Gasteiger partial charge in [-0.15, -0.1) is 0 Å². The molecule has 50 valence electrons. The Morgan fingerprint density at radius 2 is 1.88 bits per heavy atom. The standard InChI is InChI=1S/C5H10O2.H2O/c1-4(2)5(6)7-3;/h4H,1-3H3;1H2. The molecule has 3 nitrogen and oxygen atoms in total. The number of carbonyl (C=O) groups is 1. The number of ether oxygens (including phenoxy) is 1. The number of methoxy groups -OCH3 is 1. The molecule has 0 aliphatic rings. The average Bonchev–Trinajstić information content (AvgIpc) is 1.65. The van der Waals surface area contributed by atoms with E-state index < -0.39 is 0 Å². The summed E-state index contributed by atoms with van der Waals surface area (Å²) in [6.07, 6.45) is 0. The fraction of sp³-hybridized carbons (Fsp3) is 0.800. The van der Waals surface area contributed by atoms with E-state index in [1.165, 1.54) is 7.11 Å². The summed E-state index contributed by atoms with van der Waals surface area (Å²) in [5.74, 6) is -0.148. The van der Waals surface area contributed by atoms with Crippen LogP contribution in [-0.4, -0.2) is 18.6 Å². The highest BCUT2D eigenvalue weighted by Crippen LogP contribution is 1.91. The van der Waals surface area contributed by atoms with Crippen LogP contribution in [0.15, 0.2) is 0 Å². The summed E-state index contributed by atoms with van der Waals surface area (Å²) in [5.41, 5.74) is 0. The van der Waals surface area contributed by atoms with Gasteiger partial charge in [0.25, 0.3) is 0 Å². The maximum atomic E-state index is 10.3. The van der Waals surface area contributed by atoms with Crippen molar-refractivity contribution in [2.24, 2.45) is 5.92 Å². The Morgan fingerprint density at radius 1 is 1.50 bits per heavy atom. The maximum Gasteiger partial charge on any atom is 0.308 e. The van der Waals surface area contributed by atoms with Crippen LogP contribution < -0.4 is 0 Å². The first-order chi connectivity index (χ1) is 3.18. The van der Waals surface area contributed by atoms with E-state index in [1.807, 2.05) is 0 Å². The van der Waals surface area contributed by atoms with Crippen LogP contribution in [-0.2, 0) is 9.53 Å². The molecule has 0 heterocycles. The predicted octanol–water partition coefficient (Wildman–Crippen LogP) is -0.00930. The molecule has 0 saturated heterocycles. The molecule has 0 saturated carbocycles. The van der Waals surface area contributed by atoms with Crippen molar-refractivity contribution >= 4 is 5.97 Å². The van der Waals surface area contributed by atoms with E-state index in [1.54, 1.807) is 13.8 Å². The summed E-state index contributed by atoms with van der Waals surface area (Å²) in [6, 6.07) is 0. The van der Waals surface area contributed by atoms with Gasteiger partial charge in [0.05, 0.1) is 13.0 Å². The Bertz CT molecular complexity index is 68.1. The van der Waals surface area contributed by atoms with Gasteiger partial charge in [-0.25, -0.2) is 0 Å². The van der Waals surface area contributed by atoms with Crippen LogP contribution in [0.5, 0.6) is 0 Å². The van der Waals surface area contributed by atoms with Crippen molar-refractivity contribution in [3.63, 3.8) is 0 Å². The Morgan fingerprint density at radius 3 is 1.88 bits per heavy atom. The van der Waals surface area contributed by atoms with Crippen LogP contribution >= 0.6 is 0 Å². The van der Waals surface area contributed by atoms with Crippen molar-refractivity contribution in [1.29, 1.82) is 0 Å². The molecule has 8 heavy (non-hydrogen) atoms. The van der Waals surface area contributed by atoms with Crippen LogP contribution in [0.4, 0.5) is 0 Å². The molecule has 0 spiro atoms. The van der Waals surface area contributed by atoms with Crippen LogP contribution in [0.2, 0.25) is 0 Å². The van der Waals surface area contributed by atoms with Crippen molar-refractivity contribution in [3.8, 4) is 0 Å². The quantitative estimate of drug-likeness (QED) is 0.457. The predicted molar refractivity (Wildman–Crippen MR) is 30.5 cm³/mol. The van der Waals surface area contributed by atoms with Gasteiger partial charge in [-0.3, -0.25) is 4.79 Å². The smallest absolute Gasteiger partial charge is 0.308 e. The Balaban J connectivity index is 0. The molecule has 0 atom stereocenters. The summed E-state index contributed by atoms with van der Waals surface area (Å²) in [5, 5.41) is 0. The topological polar surface area (TPSA) is 57.8 Å². The van der Waals surface area contributed by atoms with E-state index in [0.717, 1.165) is 0 Å². The van der Waals surface area contributed by atoms with Crippen molar-refractivity contribution < 1.29 is 15.0 Å². The molecule has 0 amide bonds. The molecule has 0 rings (SSSR count). The van der Waals surface area contributed by atoms with E-state index in [0.29, 0.717) is 0 Å². The fourth-order valence-electron chi connectivity index (χ4n) is 0.236. The lowest BCUT2D eigenvalue weighted by molar-refractivity contribution is -0.144.